The first-order valence-electron chi connectivity index (χ1n) is 9.46. The Bertz CT molecular complexity index is 1190. The van der Waals surface area contributed by atoms with Gasteiger partial charge in [0.25, 0.3) is 0 Å². The molecule has 4 rings (SSSR count). The maximum absolute atomic E-state index is 10.7. The monoisotopic (exact) mass is 420 g/mol. The number of aryl methyl sites for hydroxylation is 1. The van der Waals surface area contributed by atoms with Crippen LogP contribution in [0.1, 0.15) is 11.3 Å². The van der Waals surface area contributed by atoms with Gasteiger partial charge in [0.2, 0.25) is 0 Å². The normalized spacial score (nSPS) is 10.8. The lowest BCUT2D eigenvalue weighted by molar-refractivity contribution is 0.304. The highest BCUT2D eigenvalue weighted by atomic mass is 35.5. The first kappa shape index (κ1) is 19.9. The number of H-pyrrole nitrogens is 1. The highest BCUT2D eigenvalue weighted by molar-refractivity contribution is 6.30. The van der Waals surface area contributed by atoms with E-state index >= 15 is 0 Å². The molecular weight excluding hydrogens is 400 g/mol. The molecule has 0 atom stereocenters. The molecule has 152 valence electrons. The molecule has 0 spiro atoms. The molecule has 6 heteroatoms. The molecule has 5 nitrogen and oxygen atoms in total. The van der Waals surface area contributed by atoms with Crippen molar-refractivity contribution in [1.29, 1.82) is 0 Å². The van der Waals surface area contributed by atoms with Crippen molar-refractivity contribution in [3.05, 3.63) is 83.0 Å². The van der Waals surface area contributed by atoms with Gasteiger partial charge in [0.15, 0.2) is 0 Å². The van der Waals surface area contributed by atoms with E-state index in [1.54, 1.807) is 19.2 Å². The molecular formula is C24H21ClN2O3. The summed E-state index contributed by atoms with van der Waals surface area (Å²) in [7, 11) is 1.64. The lowest BCUT2D eigenvalue weighted by atomic mass is 9.98. The van der Waals surface area contributed by atoms with Gasteiger partial charge in [-0.05, 0) is 42.8 Å². The van der Waals surface area contributed by atoms with E-state index in [0.717, 1.165) is 28.1 Å². The van der Waals surface area contributed by atoms with Gasteiger partial charge in [0.1, 0.15) is 29.5 Å². The maximum atomic E-state index is 10.7. The van der Waals surface area contributed by atoms with E-state index in [0.29, 0.717) is 28.6 Å². The first-order chi connectivity index (χ1) is 14.6. The molecule has 4 aromatic rings. The lowest BCUT2D eigenvalue weighted by Crippen LogP contribution is -1.95. The number of ether oxygens (including phenoxy) is 2. The second kappa shape index (κ2) is 8.51. The van der Waals surface area contributed by atoms with Crippen LogP contribution in [-0.4, -0.2) is 22.4 Å². The number of aromatic nitrogens is 2. The summed E-state index contributed by atoms with van der Waals surface area (Å²) >= 11 is 6.01. The van der Waals surface area contributed by atoms with Crippen LogP contribution in [0.2, 0.25) is 5.02 Å². The van der Waals surface area contributed by atoms with Gasteiger partial charge < -0.3 is 14.6 Å². The van der Waals surface area contributed by atoms with Crippen LogP contribution in [0.4, 0.5) is 0 Å². The zero-order chi connectivity index (χ0) is 21.1. The Balaban J connectivity index is 1.64. The summed E-state index contributed by atoms with van der Waals surface area (Å²) in [6.07, 6.45) is 0. The number of aromatic amines is 1. The minimum Gasteiger partial charge on any atom is -0.507 e. The minimum absolute atomic E-state index is 0.0845. The Morgan fingerprint density at radius 1 is 1.00 bits per heavy atom. The Morgan fingerprint density at radius 2 is 1.83 bits per heavy atom. The fourth-order valence-electron chi connectivity index (χ4n) is 3.40. The third kappa shape index (κ3) is 3.98. The SMILES string of the molecule is COc1ccccc1-c1c(-c2ccc(OCc3cccc(Cl)c3)cc2O)n[nH]c1C. The number of nitrogens with zero attached hydrogens (tertiary/aromatic N) is 1. The van der Waals surface area contributed by atoms with Crippen molar-refractivity contribution in [3.8, 4) is 39.6 Å². The van der Waals surface area contributed by atoms with Crippen molar-refractivity contribution in [2.24, 2.45) is 0 Å². The van der Waals surface area contributed by atoms with Gasteiger partial charge >= 0.3 is 0 Å². The van der Waals surface area contributed by atoms with Crippen LogP contribution in [0, 0.1) is 6.92 Å². The van der Waals surface area contributed by atoms with E-state index in [1.165, 1.54) is 0 Å². The summed E-state index contributed by atoms with van der Waals surface area (Å²) in [5, 5.41) is 18.8. The van der Waals surface area contributed by atoms with Crippen molar-refractivity contribution in [2.45, 2.75) is 13.5 Å². The lowest BCUT2D eigenvalue weighted by Gasteiger charge is -2.12. The molecule has 0 bridgehead atoms. The average molecular weight is 421 g/mol. The van der Waals surface area contributed by atoms with Gasteiger partial charge in [-0.25, -0.2) is 0 Å². The van der Waals surface area contributed by atoms with Crippen LogP contribution in [0.15, 0.2) is 66.7 Å². The first-order valence-corrected chi connectivity index (χ1v) is 9.83. The summed E-state index contributed by atoms with van der Waals surface area (Å²) in [5.41, 5.74) is 4.88. The molecule has 0 radical (unpaired) electrons. The number of hydrogen-bond acceptors (Lipinski definition) is 4. The Kier molecular flexibility index (Phi) is 5.63. The highest BCUT2D eigenvalue weighted by Crippen LogP contribution is 2.41. The minimum atomic E-state index is 0.0845. The summed E-state index contributed by atoms with van der Waals surface area (Å²) in [6, 6.07) is 20.4. The molecule has 1 aromatic heterocycles. The quantitative estimate of drug-likeness (QED) is 0.401. The molecule has 0 aliphatic heterocycles. The van der Waals surface area contributed by atoms with E-state index in [4.69, 9.17) is 21.1 Å². The van der Waals surface area contributed by atoms with Gasteiger partial charge in [0, 0.05) is 33.5 Å². The van der Waals surface area contributed by atoms with Crippen molar-refractivity contribution in [1.82, 2.24) is 10.2 Å². The van der Waals surface area contributed by atoms with Gasteiger partial charge in [-0.3, -0.25) is 5.10 Å². The number of methoxy groups -OCH3 is 1. The molecule has 0 aliphatic rings. The highest BCUT2D eigenvalue weighted by Gasteiger charge is 2.20. The molecule has 0 fully saturated rings. The second-order valence-electron chi connectivity index (χ2n) is 6.87. The van der Waals surface area contributed by atoms with Crippen LogP contribution >= 0.6 is 11.6 Å². The van der Waals surface area contributed by atoms with Gasteiger partial charge in [-0.15, -0.1) is 0 Å². The molecule has 0 aliphatic carbocycles. The molecule has 0 saturated carbocycles. The van der Waals surface area contributed by atoms with Crippen LogP contribution < -0.4 is 9.47 Å². The number of halogens is 1. The van der Waals surface area contributed by atoms with Crippen LogP contribution in [-0.2, 0) is 6.61 Å². The fourth-order valence-corrected chi connectivity index (χ4v) is 3.61. The van der Waals surface area contributed by atoms with Crippen molar-refractivity contribution < 1.29 is 14.6 Å². The Labute approximate surface area is 179 Å². The number of benzene rings is 3. The summed E-state index contributed by atoms with van der Waals surface area (Å²) in [5.74, 6) is 1.38. The molecule has 0 saturated heterocycles. The van der Waals surface area contributed by atoms with E-state index in [1.807, 2.05) is 61.5 Å². The smallest absolute Gasteiger partial charge is 0.128 e. The number of phenols is 1. The average Bonchev–Trinajstić information content (AvgIpc) is 3.13. The van der Waals surface area contributed by atoms with Crippen LogP contribution in [0.3, 0.4) is 0 Å². The van der Waals surface area contributed by atoms with E-state index in [9.17, 15) is 5.11 Å². The van der Waals surface area contributed by atoms with Gasteiger partial charge in [0.05, 0.1) is 7.11 Å². The van der Waals surface area contributed by atoms with E-state index in [2.05, 4.69) is 10.2 Å². The fraction of sp³-hybridized carbons (Fsp3) is 0.125. The summed E-state index contributed by atoms with van der Waals surface area (Å²) in [6.45, 7) is 2.30. The number of phenolic OH excluding ortho intramolecular Hbond substituents is 1. The predicted octanol–water partition coefficient (Wildman–Crippen LogP) is 6.00. The van der Waals surface area contributed by atoms with Gasteiger partial charge in [-0.2, -0.15) is 5.10 Å². The molecule has 1 heterocycles. The van der Waals surface area contributed by atoms with Crippen molar-refractivity contribution in [3.63, 3.8) is 0 Å². The Morgan fingerprint density at radius 3 is 2.60 bits per heavy atom. The van der Waals surface area contributed by atoms with Crippen LogP contribution in [0.5, 0.6) is 17.2 Å². The number of para-hydroxylation sites is 1. The van der Waals surface area contributed by atoms with E-state index < -0.39 is 0 Å². The zero-order valence-corrected chi connectivity index (χ0v) is 17.4. The standard InChI is InChI=1S/C24H21ClN2O3/c1-15-23(20-8-3-4-9-22(20)29-2)24(27-26-15)19-11-10-18(13-21(19)28)30-14-16-6-5-7-17(25)12-16/h3-13,28H,14H2,1-2H3,(H,26,27). The van der Waals surface area contributed by atoms with Gasteiger partial charge in [-0.1, -0.05) is 41.9 Å². The topological polar surface area (TPSA) is 67.4 Å². The summed E-state index contributed by atoms with van der Waals surface area (Å²) in [4.78, 5) is 0. The maximum Gasteiger partial charge on any atom is 0.128 e. The molecule has 0 amide bonds. The second-order valence-corrected chi connectivity index (χ2v) is 7.31. The third-order valence-corrected chi connectivity index (χ3v) is 5.08. The number of aromatic hydroxyl groups is 1. The Hall–Kier alpha value is -3.44. The predicted molar refractivity (Wildman–Crippen MR) is 118 cm³/mol. The third-order valence-electron chi connectivity index (χ3n) is 4.84. The number of nitrogens with one attached hydrogen (secondary N) is 1. The van der Waals surface area contributed by atoms with Crippen LogP contribution in [0.25, 0.3) is 22.4 Å². The van der Waals surface area contributed by atoms with Crippen molar-refractivity contribution >= 4 is 11.6 Å². The molecule has 2 N–H and O–H groups in total. The van der Waals surface area contributed by atoms with Crippen molar-refractivity contribution in [2.75, 3.05) is 7.11 Å². The molecule has 3 aromatic carbocycles. The molecule has 30 heavy (non-hydrogen) atoms. The van der Waals surface area contributed by atoms with E-state index in [-0.39, 0.29) is 5.75 Å². The zero-order valence-electron chi connectivity index (χ0n) is 16.6. The summed E-state index contributed by atoms with van der Waals surface area (Å²) < 4.78 is 11.3. The number of rotatable bonds is 6. The number of hydrogen-bond donors (Lipinski definition) is 2. The molecule has 0 unspecified atom stereocenters. The largest absolute Gasteiger partial charge is 0.507 e.